The van der Waals surface area contributed by atoms with Gasteiger partial charge in [-0.25, -0.2) is 0 Å². The SMILES string of the molecule is Cc1ccc(C(=O)NNC(=O)c2oc3ccccc3c2C)cc1[N+](=O)[O-]. The zero-order valence-corrected chi connectivity index (χ0v) is 14.0. The van der Waals surface area contributed by atoms with Crippen molar-refractivity contribution in [2.45, 2.75) is 13.8 Å². The van der Waals surface area contributed by atoms with Crippen LogP contribution < -0.4 is 10.9 Å². The normalized spacial score (nSPS) is 10.5. The topological polar surface area (TPSA) is 114 Å². The van der Waals surface area contributed by atoms with Crippen LogP contribution in [0.1, 0.15) is 32.0 Å². The molecule has 0 radical (unpaired) electrons. The van der Waals surface area contributed by atoms with Gasteiger partial charge >= 0.3 is 5.91 Å². The van der Waals surface area contributed by atoms with Crippen LogP contribution in [0.3, 0.4) is 0 Å². The maximum Gasteiger partial charge on any atom is 0.305 e. The van der Waals surface area contributed by atoms with Crippen LogP contribution in [0.4, 0.5) is 5.69 Å². The van der Waals surface area contributed by atoms with Crippen molar-refractivity contribution in [2.75, 3.05) is 0 Å². The molecule has 3 aromatic rings. The third kappa shape index (κ3) is 3.12. The fraction of sp³-hybridized carbons (Fsp3) is 0.111. The lowest BCUT2D eigenvalue weighted by Gasteiger charge is -2.07. The third-order valence-corrected chi connectivity index (χ3v) is 4.01. The van der Waals surface area contributed by atoms with Crippen LogP contribution in [0.2, 0.25) is 0 Å². The highest BCUT2D eigenvalue weighted by Gasteiger charge is 2.19. The molecule has 0 fully saturated rings. The molecule has 8 heteroatoms. The number of furan rings is 1. The Hall–Kier alpha value is -3.68. The molecular weight excluding hydrogens is 338 g/mol. The minimum Gasteiger partial charge on any atom is -0.451 e. The summed E-state index contributed by atoms with van der Waals surface area (Å²) in [6, 6.07) is 11.3. The first-order valence-electron chi connectivity index (χ1n) is 7.72. The predicted octanol–water partition coefficient (Wildman–Crippen LogP) is 3.03. The first-order valence-corrected chi connectivity index (χ1v) is 7.72. The molecule has 1 heterocycles. The minimum absolute atomic E-state index is 0.0592. The van der Waals surface area contributed by atoms with Crippen LogP contribution in [-0.2, 0) is 0 Å². The number of nitrogens with zero attached hydrogens (tertiary/aromatic N) is 1. The van der Waals surface area contributed by atoms with Gasteiger partial charge in [-0.15, -0.1) is 0 Å². The van der Waals surface area contributed by atoms with Crippen molar-refractivity contribution in [1.29, 1.82) is 0 Å². The van der Waals surface area contributed by atoms with E-state index in [4.69, 9.17) is 4.42 Å². The molecule has 0 saturated heterocycles. The van der Waals surface area contributed by atoms with Gasteiger partial charge in [0.15, 0.2) is 5.76 Å². The van der Waals surface area contributed by atoms with Gasteiger partial charge in [0.25, 0.3) is 11.6 Å². The van der Waals surface area contributed by atoms with E-state index in [1.165, 1.54) is 12.1 Å². The van der Waals surface area contributed by atoms with Crippen LogP contribution >= 0.6 is 0 Å². The molecule has 0 atom stereocenters. The number of carbonyl (C=O) groups is 2. The van der Waals surface area contributed by atoms with Crippen LogP contribution in [0.5, 0.6) is 0 Å². The smallest absolute Gasteiger partial charge is 0.305 e. The van der Waals surface area contributed by atoms with Crippen molar-refractivity contribution in [1.82, 2.24) is 10.9 Å². The Morgan fingerprint density at radius 3 is 2.42 bits per heavy atom. The number of carbonyl (C=O) groups excluding carboxylic acids is 2. The number of nitro benzene ring substituents is 1. The molecular formula is C18H15N3O5. The van der Waals surface area contributed by atoms with Crippen LogP contribution in [0, 0.1) is 24.0 Å². The van der Waals surface area contributed by atoms with Gasteiger partial charge in [-0.2, -0.15) is 0 Å². The standard InChI is InChI=1S/C18H15N3O5/c1-10-7-8-12(9-14(10)21(24)25)17(22)19-20-18(23)16-11(2)13-5-3-4-6-15(13)26-16/h3-9H,1-2H3,(H,19,22)(H,20,23). The summed E-state index contributed by atoms with van der Waals surface area (Å²) >= 11 is 0. The quantitative estimate of drug-likeness (QED) is 0.555. The Bertz CT molecular complexity index is 1040. The van der Waals surface area contributed by atoms with Crippen LogP contribution in [0.15, 0.2) is 46.9 Å². The second kappa shape index (κ2) is 6.67. The van der Waals surface area contributed by atoms with E-state index in [1.54, 1.807) is 26.0 Å². The van der Waals surface area contributed by atoms with Gasteiger partial charge in [-0.1, -0.05) is 24.3 Å². The number of para-hydroxylation sites is 1. The fourth-order valence-corrected chi connectivity index (χ4v) is 2.58. The summed E-state index contributed by atoms with van der Waals surface area (Å²) < 4.78 is 5.51. The highest BCUT2D eigenvalue weighted by molar-refractivity contribution is 6.01. The lowest BCUT2D eigenvalue weighted by molar-refractivity contribution is -0.385. The Labute approximate surface area is 147 Å². The van der Waals surface area contributed by atoms with Crippen molar-refractivity contribution < 1.29 is 18.9 Å². The zero-order valence-electron chi connectivity index (χ0n) is 14.0. The number of aryl methyl sites for hydroxylation is 2. The summed E-state index contributed by atoms with van der Waals surface area (Å²) in [6.45, 7) is 3.32. The molecule has 26 heavy (non-hydrogen) atoms. The molecule has 0 bridgehead atoms. The number of hydrazine groups is 1. The molecule has 0 spiro atoms. The maximum atomic E-state index is 12.3. The second-order valence-corrected chi connectivity index (χ2v) is 5.72. The summed E-state index contributed by atoms with van der Waals surface area (Å²) in [4.78, 5) is 34.8. The van der Waals surface area contributed by atoms with Gasteiger partial charge in [-0.3, -0.25) is 30.6 Å². The number of benzene rings is 2. The maximum absolute atomic E-state index is 12.3. The zero-order chi connectivity index (χ0) is 18.8. The molecule has 2 amide bonds. The van der Waals surface area contributed by atoms with E-state index in [9.17, 15) is 19.7 Å². The number of nitrogens with one attached hydrogen (secondary N) is 2. The Morgan fingerprint density at radius 2 is 1.73 bits per heavy atom. The van der Waals surface area contributed by atoms with E-state index in [2.05, 4.69) is 10.9 Å². The molecule has 0 aliphatic carbocycles. The minimum atomic E-state index is -0.671. The molecule has 2 aromatic carbocycles. The summed E-state index contributed by atoms with van der Waals surface area (Å²) in [5, 5.41) is 11.8. The lowest BCUT2D eigenvalue weighted by Crippen LogP contribution is -2.41. The van der Waals surface area contributed by atoms with Crippen molar-refractivity contribution in [2.24, 2.45) is 0 Å². The summed E-state index contributed by atoms with van der Waals surface area (Å²) in [6.07, 6.45) is 0. The van der Waals surface area contributed by atoms with Gasteiger partial charge in [0.1, 0.15) is 5.58 Å². The van der Waals surface area contributed by atoms with E-state index in [0.717, 1.165) is 11.5 Å². The molecule has 0 aliphatic rings. The predicted molar refractivity (Wildman–Crippen MR) is 93.7 cm³/mol. The number of rotatable bonds is 3. The van der Waals surface area contributed by atoms with Gasteiger partial charge in [0.05, 0.1) is 4.92 Å². The van der Waals surface area contributed by atoms with E-state index in [-0.39, 0.29) is 17.0 Å². The van der Waals surface area contributed by atoms with Crippen molar-refractivity contribution in [3.05, 3.63) is 75.0 Å². The molecule has 0 aliphatic heterocycles. The molecule has 0 unspecified atom stereocenters. The highest BCUT2D eigenvalue weighted by Crippen LogP contribution is 2.24. The van der Waals surface area contributed by atoms with Crippen LogP contribution in [0.25, 0.3) is 11.0 Å². The molecule has 1 aromatic heterocycles. The fourth-order valence-electron chi connectivity index (χ4n) is 2.58. The monoisotopic (exact) mass is 353 g/mol. The lowest BCUT2D eigenvalue weighted by atomic mass is 10.1. The first kappa shape index (κ1) is 17.2. The number of amides is 2. The van der Waals surface area contributed by atoms with Crippen molar-refractivity contribution in [3.63, 3.8) is 0 Å². The van der Waals surface area contributed by atoms with Gasteiger partial charge < -0.3 is 4.42 Å². The average Bonchev–Trinajstić information content (AvgIpc) is 2.97. The third-order valence-electron chi connectivity index (χ3n) is 4.01. The van der Waals surface area contributed by atoms with E-state index in [1.807, 2.05) is 12.1 Å². The summed E-state index contributed by atoms with van der Waals surface area (Å²) in [5.74, 6) is -1.20. The van der Waals surface area contributed by atoms with E-state index in [0.29, 0.717) is 16.7 Å². The van der Waals surface area contributed by atoms with E-state index < -0.39 is 16.7 Å². The van der Waals surface area contributed by atoms with Crippen LogP contribution in [-0.4, -0.2) is 16.7 Å². The number of nitro groups is 1. The van der Waals surface area contributed by atoms with Crippen molar-refractivity contribution in [3.8, 4) is 0 Å². The average molecular weight is 353 g/mol. The number of hydrogen-bond donors (Lipinski definition) is 2. The second-order valence-electron chi connectivity index (χ2n) is 5.72. The van der Waals surface area contributed by atoms with Crippen molar-refractivity contribution >= 4 is 28.5 Å². The Morgan fingerprint density at radius 1 is 1.04 bits per heavy atom. The number of fused-ring (bicyclic) bond motifs is 1. The van der Waals surface area contributed by atoms with E-state index >= 15 is 0 Å². The first-order chi connectivity index (χ1) is 12.4. The van der Waals surface area contributed by atoms with Gasteiger partial charge in [-0.05, 0) is 26.0 Å². The Kier molecular flexibility index (Phi) is 4.40. The molecule has 8 nitrogen and oxygen atoms in total. The largest absolute Gasteiger partial charge is 0.451 e. The van der Waals surface area contributed by atoms with Gasteiger partial charge in [0, 0.05) is 28.1 Å². The van der Waals surface area contributed by atoms with Gasteiger partial charge in [0.2, 0.25) is 0 Å². The summed E-state index contributed by atoms with van der Waals surface area (Å²) in [7, 11) is 0. The highest BCUT2D eigenvalue weighted by atomic mass is 16.6. The molecule has 132 valence electrons. The molecule has 3 rings (SSSR count). The molecule has 0 saturated carbocycles. The molecule has 2 N–H and O–H groups in total. The summed E-state index contributed by atoms with van der Waals surface area (Å²) in [5.41, 5.74) is 6.04. The Balaban J connectivity index is 1.75. The number of hydrogen-bond acceptors (Lipinski definition) is 5.